The number of hydrogen-bond donors (Lipinski definition) is 1. The number of thiophene rings is 1. The van der Waals surface area contributed by atoms with Gasteiger partial charge >= 0.3 is 6.43 Å². The molecule has 0 fully saturated rings. The first kappa shape index (κ1) is 17.2. The molecule has 4 aromatic rings. The molecule has 0 unspecified atom stereocenters. The van der Waals surface area contributed by atoms with E-state index < -0.39 is 12.3 Å². The largest absolute Gasteiger partial charge is 0.414 e. The van der Waals surface area contributed by atoms with E-state index in [4.69, 9.17) is 10.2 Å². The fourth-order valence-corrected chi connectivity index (χ4v) is 3.29. The lowest BCUT2D eigenvalue weighted by Gasteiger charge is -1.98. The van der Waals surface area contributed by atoms with Gasteiger partial charge in [-0.3, -0.25) is 4.68 Å². The Labute approximate surface area is 155 Å². The fraction of sp³-hybridized carbons (Fsp3) is 0.188. The van der Waals surface area contributed by atoms with Crippen LogP contribution in [0.2, 0.25) is 0 Å². The summed E-state index contributed by atoms with van der Waals surface area (Å²) < 4.78 is 31.8. The smallest absolute Gasteiger partial charge is 0.314 e. The summed E-state index contributed by atoms with van der Waals surface area (Å²) in [6.07, 6.45) is 1.40. The minimum absolute atomic E-state index is 0.0976. The quantitative estimate of drug-likeness (QED) is 0.539. The molecule has 0 spiro atoms. The molecule has 11 heteroatoms. The molecule has 8 nitrogen and oxygen atoms in total. The predicted octanol–water partition coefficient (Wildman–Crippen LogP) is 3.21. The van der Waals surface area contributed by atoms with Gasteiger partial charge in [0.05, 0.1) is 11.1 Å². The number of nitrogen functional groups attached to an aromatic ring is 1. The van der Waals surface area contributed by atoms with Crippen LogP contribution in [-0.4, -0.2) is 30.2 Å². The second-order valence-electron chi connectivity index (χ2n) is 5.60. The first-order chi connectivity index (χ1) is 13.1. The van der Waals surface area contributed by atoms with E-state index in [2.05, 4.69) is 25.5 Å². The number of aryl methyl sites for hydroxylation is 2. The van der Waals surface area contributed by atoms with Gasteiger partial charge in [-0.1, -0.05) is 5.21 Å². The van der Waals surface area contributed by atoms with Gasteiger partial charge in [0.1, 0.15) is 11.5 Å². The molecule has 4 aromatic heterocycles. The zero-order valence-electron chi connectivity index (χ0n) is 13.8. The van der Waals surface area contributed by atoms with Crippen molar-refractivity contribution in [2.24, 2.45) is 0 Å². The Balaban J connectivity index is 1.41. The Morgan fingerprint density at radius 3 is 2.78 bits per heavy atom. The Kier molecular flexibility index (Phi) is 4.59. The lowest BCUT2D eigenvalue weighted by atomic mass is 10.2. The molecule has 0 aliphatic heterocycles. The minimum Gasteiger partial charge on any atom is -0.414 e. The Morgan fingerprint density at radius 1 is 1.15 bits per heavy atom. The van der Waals surface area contributed by atoms with Crippen LogP contribution in [0.3, 0.4) is 0 Å². The van der Waals surface area contributed by atoms with Gasteiger partial charge in [0, 0.05) is 29.6 Å². The first-order valence-corrected chi connectivity index (χ1v) is 8.73. The topological polar surface area (TPSA) is 109 Å². The summed E-state index contributed by atoms with van der Waals surface area (Å²) >= 11 is 1.41. The van der Waals surface area contributed by atoms with Crippen molar-refractivity contribution in [3.63, 3.8) is 0 Å². The van der Waals surface area contributed by atoms with E-state index in [1.165, 1.54) is 11.3 Å². The van der Waals surface area contributed by atoms with Gasteiger partial charge in [0.2, 0.25) is 0 Å². The molecule has 2 N–H and O–H groups in total. The van der Waals surface area contributed by atoms with Crippen molar-refractivity contribution in [1.29, 1.82) is 0 Å². The van der Waals surface area contributed by atoms with Gasteiger partial charge in [0.25, 0.3) is 11.8 Å². The highest BCUT2D eigenvalue weighted by atomic mass is 32.1. The maximum absolute atomic E-state index is 12.5. The number of rotatable bonds is 6. The van der Waals surface area contributed by atoms with Crippen molar-refractivity contribution in [3.05, 3.63) is 47.4 Å². The third kappa shape index (κ3) is 3.82. The highest BCUT2D eigenvalue weighted by Crippen LogP contribution is 2.29. The van der Waals surface area contributed by atoms with E-state index in [1.54, 1.807) is 23.0 Å². The van der Waals surface area contributed by atoms with Crippen molar-refractivity contribution < 1.29 is 13.2 Å². The van der Waals surface area contributed by atoms with Crippen molar-refractivity contribution in [1.82, 2.24) is 30.2 Å². The number of nitrogens with two attached hydrogens (primary N) is 1. The standard InChI is InChI=1S/C16H13F2N7OS/c17-14(18)16-23-22-15(26-16)12-3-2-10(27-12)5-6-25-8-11(21-24-25)9-1-4-13(19)20-7-9/h1-4,7-8,14H,5-6H2,(H2,19,20). The summed E-state index contributed by atoms with van der Waals surface area (Å²) in [5.74, 6) is -0.130. The lowest BCUT2D eigenvalue weighted by molar-refractivity contribution is 0.116. The number of hydrogen-bond acceptors (Lipinski definition) is 8. The molecule has 138 valence electrons. The summed E-state index contributed by atoms with van der Waals surface area (Å²) in [6, 6.07) is 7.21. The monoisotopic (exact) mass is 389 g/mol. The molecule has 0 bridgehead atoms. The van der Waals surface area contributed by atoms with Crippen LogP contribution >= 0.6 is 11.3 Å². The SMILES string of the molecule is Nc1ccc(-c2cn(CCc3ccc(-c4nnc(C(F)F)o4)s3)nn2)cn1. The molecule has 4 heterocycles. The van der Waals surface area contributed by atoms with Gasteiger partial charge in [-0.05, 0) is 24.3 Å². The molecule has 0 saturated carbocycles. The van der Waals surface area contributed by atoms with E-state index in [-0.39, 0.29) is 5.89 Å². The van der Waals surface area contributed by atoms with E-state index in [0.717, 1.165) is 10.4 Å². The molecular weight excluding hydrogens is 376 g/mol. The fourth-order valence-electron chi connectivity index (χ4n) is 2.37. The lowest BCUT2D eigenvalue weighted by Crippen LogP contribution is -2.00. The molecular formula is C16H13F2N7OS. The highest BCUT2D eigenvalue weighted by Gasteiger charge is 2.18. The van der Waals surface area contributed by atoms with Crippen molar-refractivity contribution >= 4 is 17.2 Å². The molecule has 0 aliphatic carbocycles. The van der Waals surface area contributed by atoms with Gasteiger partial charge in [-0.2, -0.15) is 8.78 Å². The summed E-state index contributed by atoms with van der Waals surface area (Å²) in [5, 5.41) is 15.2. The second kappa shape index (κ2) is 7.19. The molecule has 0 atom stereocenters. The molecule has 4 rings (SSSR count). The van der Waals surface area contributed by atoms with Crippen molar-refractivity contribution in [2.75, 3.05) is 5.73 Å². The van der Waals surface area contributed by atoms with Gasteiger partial charge < -0.3 is 10.2 Å². The van der Waals surface area contributed by atoms with Crippen LogP contribution in [0.25, 0.3) is 22.0 Å². The van der Waals surface area contributed by atoms with Crippen LogP contribution in [0.4, 0.5) is 14.6 Å². The van der Waals surface area contributed by atoms with Gasteiger partial charge in [0.15, 0.2) is 0 Å². The number of halogens is 2. The van der Waals surface area contributed by atoms with E-state index in [9.17, 15) is 8.78 Å². The Bertz CT molecular complexity index is 1040. The third-order valence-corrected chi connectivity index (χ3v) is 4.84. The average Bonchev–Trinajstić information content (AvgIpc) is 3.40. The maximum atomic E-state index is 12.5. The normalized spacial score (nSPS) is 11.4. The van der Waals surface area contributed by atoms with Crippen LogP contribution in [-0.2, 0) is 13.0 Å². The van der Waals surface area contributed by atoms with Crippen molar-refractivity contribution in [3.8, 4) is 22.0 Å². The molecule has 0 aliphatic rings. The van der Waals surface area contributed by atoms with Gasteiger partial charge in [-0.15, -0.1) is 26.6 Å². The number of nitrogens with zero attached hydrogens (tertiary/aromatic N) is 6. The number of pyridine rings is 1. The summed E-state index contributed by atoms with van der Waals surface area (Å²) in [5.41, 5.74) is 7.12. The van der Waals surface area contributed by atoms with E-state index >= 15 is 0 Å². The van der Waals surface area contributed by atoms with Crippen molar-refractivity contribution in [2.45, 2.75) is 19.4 Å². The minimum atomic E-state index is -2.77. The third-order valence-electron chi connectivity index (χ3n) is 3.71. The maximum Gasteiger partial charge on any atom is 0.314 e. The number of alkyl halides is 2. The predicted molar refractivity (Wildman–Crippen MR) is 93.9 cm³/mol. The number of aromatic nitrogens is 6. The molecule has 0 radical (unpaired) electrons. The molecule has 27 heavy (non-hydrogen) atoms. The first-order valence-electron chi connectivity index (χ1n) is 7.91. The molecule has 0 saturated heterocycles. The average molecular weight is 389 g/mol. The van der Waals surface area contributed by atoms with Crippen LogP contribution in [0.5, 0.6) is 0 Å². The highest BCUT2D eigenvalue weighted by molar-refractivity contribution is 7.15. The summed E-state index contributed by atoms with van der Waals surface area (Å²) in [6.45, 7) is 0.613. The Morgan fingerprint density at radius 2 is 2.04 bits per heavy atom. The van der Waals surface area contributed by atoms with Gasteiger partial charge in [-0.25, -0.2) is 4.98 Å². The zero-order valence-corrected chi connectivity index (χ0v) is 14.6. The zero-order chi connectivity index (χ0) is 18.8. The summed E-state index contributed by atoms with van der Waals surface area (Å²) in [7, 11) is 0. The number of anilines is 1. The van der Waals surface area contributed by atoms with E-state index in [1.807, 2.05) is 18.3 Å². The van der Waals surface area contributed by atoms with E-state index in [0.29, 0.717) is 29.4 Å². The molecule has 0 aromatic carbocycles. The Hall–Kier alpha value is -3.21. The van der Waals surface area contributed by atoms with Crippen LogP contribution in [0, 0.1) is 0 Å². The van der Waals surface area contributed by atoms with Crippen LogP contribution in [0.1, 0.15) is 17.2 Å². The molecule has 0 amide bonds. The second-order valence-corrected chi connectivity index (χ2v) is 6.77. The van der Waals surface area contributed by atoms with Crippen LogP contribution < -0.4 is 5.73 Å². The summed E-state index contributed by atoms with van der Waals surface area (Å²) in [4.78, 5) is 5.72. The van der Waals surface area contributed by atoms with Crippen LogP contribution in [0.15, 0.2) is 41.1 Å².